The molecule has 37 heavy (non-hydrogen) atoms. The summed E-state index contributed by atoms with van der Waals surface area (Å²) in [5.74, 6) is -0.663. The number of aromatic nitrogens is 1. The first kappa shape index (κ1) is 26.6. The van der Waals surface area contributed by atoms with Crippen LogP contribution in [0.5, 0.6) is 0 Å². The number of carbonyl (C=O) groups is 2. The van der Waals surface area contributed by atoms with Gasteiger partial charge in [-0.25, -0.2) is 0 Å². The molecule has 2 aromatic rings. The van der Waals surface area contributed by atoms with E-state index in [1.807, 2.05) is 30.5 Å². The maximum Gasteiger partial charge on any atom is 0.251 e. The summed E-state index contributed by atoms with van der Waals surface area (Å²) < 4.78 is 0. The molecule has 1 unspecified atom stereocenters. The molecule has 1 aromatic carbocycles. The lowest BCUT2D eigenvalue weighted by atomic mass is 9.87. The second-order valence-electron chi connectivity index (χ2n) is 11.2. The van der Waals surface area contributed by atoms with Crippen LogP contribution in [-0.4, -0.2) is 51.5 Å². The van der Waals surface area contributed by atoms with Crippen molar-refractivity contribution in [2.24, 2.45) is 0 Å². The number of pyridine rings is 1. The van der Waals surface area contributed by atoms with Gasteiger partial charge in [0.2, 0.25) is 5.91 Å². The Morgan fingerprint density at radius 3 is 2.46 bits per heavy atom. The molecular weight excluding hydrogens is 466 g/mol. The minimum Gasteiger partial charge on any atom is -0.391 e. The van der Waals surface area contributed by atoms with Gasteiger partial charge in [-0.2, -0.15) is 5.26 Å². The first-order valence-corrected chi connectivity index (χ1v) is 13.2. The number of hydrogen-bond donors (Lipinski definition) is 2. The van der Waals surface area contributed by atoms with Crippen LogP contribution in [0, 0.1) is 11.5 Å². The summed E-state index contributed by atoms with van der Waals surface area (Å²) in [6.45, 7) is 6.44. The number of aliphatic hydroxyl groups is 1. The summed E-state index contributed by atoms with van der Waals surface area (Å²) in [7, 11) is 0. The van der Waals surface area contributed by atoms with Crippen molar-refractivity contribution in [3.63, 3.8) is 0 Å². The molecule has 2 fully saturated rings. The molecule has 1 aliphatic heterocycles. The van der Waals surface area contributed by atoms with E-state index in [-0.39, 0.29) is 30.3 Å². The minimum atomic E-state index is -0.970. The third-order valence-electron chi connectivity index (χ3n) is 7.40. The predicted molar refractivity (Wildman–Crippen MR) is 141 cm³/mol. The second kappa shape index (κ2) is 11.3. The molecule has 196 valence electrons. The van der Waals surface area contributed by atoms with Crippen molar-refractivity contribution in [3.8, 4) is 6.19 Å². The first-order valence-electron chi connectivity index (χ1n) is 13.2. The molecule has 3 atom stereocenters. The van der Waals surface area contributed by atoms with Gasteiger partial charge in [0, 0.05) is 36.1 Å². The third kappa shape index (κ3) is 6.11. The van der Waals surface area contributed by atoms with Gasteiger partial charge < -0.3 is 10.4 Å². The van der Waals surface area contributed by atoms with Crippen molar-refractivity contribution >= 4 is 17.5 Å². The lowest BCUT2D eigenvalue weighted by molar-refractivity contribution is -0.128. The molecule has 0 bridgehead atoms. The molecule has 1 saturated heterocycles. The highest BCUT2D eigenvalue weighted by Crippen LogP contribution is 2.33. The van der Waals surface area contributed by atoms with Crippen molar-refractivity contribution in [1.29, 1.82) is 5.26 Å². The highest BCUT2D eigenvalue weighted by molar-refractivity contribution is 6.04. The van der Waals surface area contributed by atoms with E-state index in [1.54, 1.807) is 24.5 Å². The maximum absolute atomic E-state index is 14.2. The van der Waals surface area contributed by atoms with Gasteiger partial charge in [0.05, 0.1) is 12.6 Å². The standard InChI is InChI=1S/C29H37N5O3/c1-29(2,3)21-11-13-23(14-12-21)34(28(37)25-16-24(35)18-33(25)19-30)26(20-8-7-15-31-17-20)27(36)32-22-9-5-4-6-10-22/h7-8,11-15,17,22,24-26,35H,4-6,9-10,16,18H2,1-3H3,(H,32,36)/t24-,25-,26?/m1/s1. The number of rotatable bonds is 6. The number of nitrogens with one attached hydrogen (secondary N) is 1. The van der Waals surface area contributed by atoms with E-state index in [4.69, 9.17) is 0 Å². The Kier molecular flexibility index (Phi) is 8.13. The van der Waals surface area contributed by atoms with E-state index in [0.29, 0.717) is 11.3 Å². The molecule has 1 saturated carbocycles. The van der Waals surface area contributed by atoms with E-state index in [1.165, 1.54) is 9.80 Å². The van der Waals surface area contributed by atoms with Gasteiger partial charge in [0.25, 0.3) is 5.91 Å². The molecule has 2 N–H and O–H groups in total. The predicted octanol–water partition coefficient (Wildman–Crippen LogP) is 3.82. The summed E-state index contributed by atoms with van der Waals surface area (Å²) in [6.07, 6.45) is 9.76. The zero-order valence-corrected chi connectivity index (χ0v) is 21.9. The Bertz CT molecular complexity index is 1120. The smallest absolute Gasteiger partial charge is 0.251 e. The van der Waals surface area contributed by atoms with E-state index in [0.717, 1.165) is 37.7 Å². The monoisotopic (exact) mass is 503 g/mol. The Morgan fingerprint density at radius 1 is 1.16 bits per heavy atom. The fourth-order valence-electron chi connectivity index (χ4n) is 5.33. The average molecular weight is 504 g/mol. The summed E-state index contributed by atoms with van der Waals surface area (Å²) in [4.78, 5) is 35.1. The highest BCUT2D eigenvalue weighted by Gasteiger charge is 2.43. The Labute approximate surface area is 219 Å². The molecule has 0 spiro atoms. The van der Waals surface area contributed by atoms with E-state index in [9.17, 15) is 20.0 Å². The maximum atomic E-state index is 14.2. The van der Waals surface area contributed by atoms with Crippen molar-refractivity contribution in [2.75, 3.05) is 11.4 Å². The number of amides is 2. The van der Waals surface area contributed by atoms with Crippen molar-refractivity contribution in [3.05, 3.63) is 59.9 Å². The quantitative estimate of drug-likeness (QED) is 0.580. The van der Waals surface area contributed by atoms with Crippen LogP contribution in [0.25, 0.3) is 0 Å². The first-order chi connectivity index (χ1) is 17.7. The summed E-state index contributed by atoms with van der Waals surface area (Å²) in [5.41, 5.74) is 2.17. The van der Waals surface area contributed by atoms with Crippen LogP contribution in [0.2, 0.25) is 0 Å². The lowest BCUT2D eigenvalue weighted by Gasteiger charge is -2.35. The van der Waals surface area contributed by atoms with Crippen LogP contribution in [-0.2, 0) is 15.0 Å². The van der Waals surface area contributed by atoms with Gasteiger partial charge in [0.15, 0.2) is 6.19 Å². The number of hydrogen-bond acceptors (Lipinski definition) is 6. The van der Waals surface area contributed by atoms with Crippen LogP contribution in [0.15, 0.2) is 48.8 Å². The number of nitrogens with zero attached hydrogens (tertiary/aromatic N) is 4. The molecule has 8 heteroatoms. The van der Waals surface area contributed by atoms with Gasteiger partial charge in [0.1, 0.15) is 12.1 Å². The van der Waals surface area contributed by atoms with Crippen LogP contribution in [0.4, 0.5) is 5.69 Å². The van der Waals surface area contributed by atoms with Gasteiger partial charge in [-0.3, -0.25) is 24.4 Å². The Morgan fingerprint density at radius 2 is 1.86 bits per heavy atom. The molecule has 2 aliphatic rings. The average Bonchev–Trinajstić information content (AvgIpc) is 3.28. The summed E-state index contributed by atoms with van der Waals surface area (Å²) >= 11 is 0. The third-order valence-corrected chi connectivity index (χ3v) is 7.40. The normalized spacial score (nSPS) is 21.2. The van der Waals surface area contributed by atoms with Gasteiger partial charge in [-0.05, 0) is 42.0 Å². The molecule has 2 heterocycles. The Hall–Kier alpha value is -3.44. The minimum absolute atomic E-state index is 0.0598. The number of nitriles is 1. The second-order valence-corrected chi connectivity index (χ2v) is 11.2. The molecule has 1 aliphatic carbocycles. The Balaban J connectivity index is 1.78. The zero-order valence-electron chi connectivity index (χ0n) is 21.9. The van der Waals surface area contributed by atoms with E-state index < -0.39 is 24.1 Å². The van der Waals surface area contributed by atoms with Crippen LogP contribution in [0.1, 0.15) is 76.5 Å². The molecular formula is C29H37N5O3. The van der Waals surface area contributed by atoms with Crippen LogP contribution >= 0.6 is 0 Å². The SMILES string of the molecule is CC(C)(C)c1ccc(N(C(=O)[C@H]2C[C@@H](O)CN2C#N)C(C(=O)NC2CCCCC2)c2cccnc2)cc1. The highest BCUT2D eigenvalue weighted by atomic mass is 16.3. The van der Waals surface area contributed by atoms with E-state index in [2.05, 4.69) is 31.1 Å². The van der Waals surface area contributed by atoms with Crippen molar-refractivity contribution < 1.29 is 14.7 Å². The summed E-state index contributed by atoms with van der Waals surface area (Å²) in [5, 5.41) is 23.1. The largest absolute Gasteiger partial charge is 0.391 e. The number of anilines is 1. The molecule has 1 aromatic heterocycles. The summed E-state index contributed by atoms with van der Waals surface area (Å²) in [6, 6.07) is 9.45. The molecule has 4 rings (SSSR count). The number of β-amino-alcohol motifs (C(OH)–C–C–N with tert-alkyl or cyclic N) is 1. The number of benzene rings is 1. The molecule has 8 nitrogen and oxygen atoms in total. The fraction of sp³-hybridized carbons (Fsp3) is 0.517. The van der Waals surface area contributed by atoms with Crippen LogP contribution in [0.3, 0.4) is 0 Å². The van der Waals surface area contributed by atoms with Gasteiger partial charge in [-0.15, -0.1) is 0 Å². The topological polar surface area (TPSA) is 110 Å². The van der Waals surface area contributed by atoms with Crippen molar-refractivity contribution in [1.82, 2.24) is 15.2 Å². The van der Waals surface area contributed by atoms with Gasteiger partial charge >= 0.3 is 0 Å². The number of carbonyl (C=O) groups excluding carboxylic acids is 2. The zero-order chi connectivity index (χ0) is 26.6. The van der Waals surface area contributed by atoms with E-state index >= 15 is 0 Å². The lowest BCUT2D eigenvalue weighted by Crippen LogP contribution is -2.51. The molecule has 0 radical (unpaired) electrons. The number of aliphatic hydroxyl groups excluding tert-OH is 1. The van der Waals surface area contributed by atoms with Crippen LogP contribution < -0.4 is 10.2 Å². The van der Waals surface area contributed by atoms with Crippen molar-refractivity contribution in [2.45, 2.75) is 88.9 Å². The fourth-order valence-corrected chi connectivity index (χ4v) is 5.33. The number of likely N-dealkylation sites (tertiary alicyclic amines) is 1. The molecule has 2 amide bonds. The van der Waals surface area contributed by atoms with Gasteiger partial charge in [-0.1, -0.05) is 58.2 Å².